The van der Waals surface area contributed by atoms with Crippen LogP contribution in [0.15, 0.2) is 36.4 Å². The summed E-state index contributed by atoms with van der Waals surface area (Å²) < 4.78 is 16.7. The summed E-state index contributed by atoms with van der Waals surface area (Å²) in [6.45, 7) is 7.84. The first-order chi connectivity index (χ1) is 14.0. The average molecular weight is 399 g/mol. The fraction of sp³-hybridized carbons (Fsp3) is 0.435. The molecule has 0 bridgehead atoms. The van der Waals surface area contributed by atoms with Crippen molar-refractivity contribution in [3.63, 3.8) is 0 Å². The molecule has 2 aromatic carbocycles. The number of carbonyl (C=O) groups excluding carboxylic acids is 1. The number of nitrogens with one attached hydrogen (secondary N) is 2. The molecule has 1 aliphatic heterocycles. The van der Waals surface area contributed by atoms with Gasteiger partial charge in [0.15, 0.2) is 11.5 Å². The topological polar surface area (TPSA) is 68.8 Å². The number of carbonyl (C=O) groups is 1. The number of amides is 2. The van der Waals surface area contributed by atoms with Crippen molar-refractivity contribution < 1.29 is 19.0 Å². The van der Waals surface area contributed by atoms with Crippen LogP contribution in [0.4, 0.5) is 4.79 Å². The highest BCUT2D eigenvalue weighted by molar-refractivity contribution is 5.74. The third-order valence-electron chi connectivity index (χ3n) is 4.99. The largest absolute Gasteiger partial charge is 0.496 e. The minimum Gasteiger partial charge on any atom is -0.496 e. The van der Waals surface area contributed by atoms with Gasteiger partial charge in [0.25, 0.3) is 0 Å². The molecular weight excluding hydrogens is 368 g/mol. The number of hydrogen-bond acceptors (Lipinski definition) is 4. The molecule has 6 nitrogen and oxygen atoms in total. The molecule has 0 radical (unpaired) electrons. The van der Waals surface area contributed by atoms with Gasteiger partial charge in [-0.05, 0) is 48.6 Å². The number of ether oxygens (including phenoxy) is 3. The van der Waals surface area contributed by atoms with E-state index in [0.29, 0.717) is 26.2 Å². The molecule has 1 atom stereocenters. The van der Waals surface area contributed by atoms with Gasteiger partial charge in [-0.15, -0.1) is 0 Å². The predicted octanol–water partition coefficient (Wildman–Crippen LogP) is 4.01. The molecule has 0 saturated carbocycles. The Bertz CT molecular complexity index is 851. The standard InChI is InChI=1S/C23H30N2O4/c1-15(2)22(18-6-8-20-21(14-18)29-12-11-28-20)25-23(26)24-10-9-17-13-16(3)5-7-19(17)27-4/h5-8,13-15,22H,9-12H2,1-4H3,(H2,24,25,26)/t22-/m1/s1. The highest BCUT2D eigenvalue weighted by Crippen LogP contribution is 2.34. The molecule has 2 amide bonds. The number of methoxy groups -OCH3 is 1. The van der Waals surface area contributed by atoms with Crippen LogP contribution in [0.25, 0.3) is 0 Å². The monoisotopic (exact) mass is 398 g/mol. The fourth-order valence-electron chi connectivity index (χ4n) is 3.49. The maximum atomic E-state index is 12.5. The normalized spacial score (nSPS) is 13.7. The first-order valence-electron chi connectivity index (χ1n) is 10.1. The average Bonchev–Trinajstić information content (AvgIpc) is 2.71. The van der Waals surface area contributed by atoms with E-state index in [9.17, 15) is 4.79 Å². The van der Waals surface area contributed by atoms with Crippen molar-refractivity contribution in [1.29, 1.82) is 0 Å². The molecule has 2 N–H and O–H groups in total. The zero-order valence-corrected chi connectivity index (χ0v) is 17.6. The van der Waals surface area contributed by atoms with E-state index in [-0.39, 0.29) is 18.0 Å². The van der Waals surface area contributed by atoms with Gasteiger partial charge in [-0.3, -0.25) is 0 Å². The van der Waals surface area contributed by atoms with Crippen LogP contribution in [0.3, 0.4) is 0 Å². The molecular formula is C23H30N2O4. The minimum atomic E-state index is -0.190. The number of aryl methyl sites for hydroxylation is 1. The molecule has 3 rings (SSSR count). The molecule has 0 saturated heterocycles. The maximum absolute atomic E-state index is 12.5. The van der Waals surface area contributed by atoms with Crippen LogP contribution < -0.4 is 24.8 Å². The van der Waals surface area contributed by atoms with Gasteiger partial charge in [-0.25, -0.2) is 4.79 Å². The first-order valence-corrected chi connectivity index (χ1v) is 10.1. The Morgan fingerprint density at radius 1 is 1.10 bits per heavy atom. The van der Waals surface area contributed by atoms with E-state index in [1.165, 1.54) is 5.56 Å². The molecule has 6 heteroatoms. The quantitative estimate of drug-likeness (QED) is 0.739. The fourth-order valence-corrected chi connectivity index (χ4v) is 3.49. The SMILES string of the molecule is COc1ccc(C)cc1CCNC(=O)N[C@@H](c1ccc2c(c1)OCCO2)C(C)C. The van der Waals surface area contributed by atoms with E-state index < -0.39 is 0 Å². The molecule has 0 spiro atoms. The van der Waals surface area contributed by atoms with E-state index in [1.807, 2.05) is 37.3 Å². The van der Waals surface area contributed by atoms with Crippen LogP contribution in [0.5, 0.6) is 17.2 Å². The van der Waals surface area contributed by atoms with Gasteiger partial charge in [0.05, 0.1) is 13.2 Å². The van der Waals surface area contributed by atoms with Crippen molar-refractivity contribution >= 4 is 6.03 Å². The Kier molecular flexibility index (Phi) is 6.86. The van der Waals surface area contributed by atoms with Crippen molar-refractivity contribution in [1.82, 2.24) is 10.6 Å². The molecule has 2 aromatic rings. The van der Waals surface area contributed by atoms with Gasteiger partial charge in [-0.2, -0.15) is 0 Å². The van der Waals surface area contributed by atoms with Crippen LogP contribution in [0.2, 0.25) is 0 Å². The summed E-state index contributed by atoms with van der Waals surface area (Å²) in [5, 5.41) is 6.05. The number of hydrogen-bond donors (Lipinski definition) is 2. The lowest BCUT2D eigenvalue weighted by molar-refractivity contribution is 0.171. The van der Waals surface area contributed by atoms with Crippen molar-refractivity contribution in [2.45, 2.75) is 33.2 Å². The van der Waals surface area contributed by atoms with E-state index in [0.717, 1.165) is 28.4 Å². The summed E-state index contributed by atoms with van der Waals surface area (Å²) >= 11 is 0. The second-order valence-corrected chi connectivity index (χ2v) is 7.59. The Labute approximate surface area is 172 Å². The van der Waals surface area contributed by atoms with Gasteiger partial charge in [0, 0.05) is 6.54 Å². The van der Waals surface area contributed by atoms with Crippen molar-refractivity contribution in [3.8, 4) is 17.2 Å². The van der Waals surface area contributed by atoms with Gasteiger partial charge in [0.1, 0.15) is 19.0 Å². The third kappa shape index (κ3) is 5.34. The highest BCUT2D eigenvalue weighted by atomic mass is 16.6. The van der Waals surface area contributed by atoms with Gasteiger partial charge < -0.3 is 24.8 Å². The van der Waals surface area contributed by atoms with Crippen molar-refractivity contribution in [3.05, 3.63) is 53.1 Å². The summed E-state index contributed by atoms with van der Waals surface area (Å²) in [7, 11) is 1.66. The summed E-state index contributed by atoms with van der Waals surface area (Å²) in [4.78, 5) is 12.5. The smallest absolute Gasteiger partial charge is 0.315 e. The summed E-state index contributed by atoms with van der Waals surface area (Å²) in [5.41, 5.74) is 3.25. The van der Waals surface area contributed by atoms with Gasteiger partial charge >= 0.3 is 6.03 Å². The van der Waals surface area contributed by atoms with E-state index in [2.05, 4.69) is 30.5 Å². The summed E-state index contributed by atoms with van der Waals surface area (Å²) in [6, 6.07) is 11.6. The second kappa shape index (κ2) is 9.54. The molecule has 1 heterocycles. The van der Waals surface area contributed by atoms with Crippen LogP contribution in [-0.2, 0) is 6.42 Å². The van der Waals surface area contributed by atoms with Crippen molar-refractivity contribution in [2.24, 2.45) is 5.92 Å². The molecule has 0 fully saturated rings. The molecule has 0 aliphatic carbocycles. The lowest BCUT2D eigenvalue weighted by Crippen LogP contribution is -2.40. The molecule has 156 valence electrons. The Hall–Kier alpha value is -2.89. The van der Waals surface area contributed by atoms with E-state index in [4.69, 9.17) is 14.2 Å². The molecule has 0 unspecified atom stereocenters. The van der Waals surface area contributed by atoms with Crippen LogP contribution in [-0.4, -0.2) is 32.9 Å². The van der Waals surface area contributed by atoms with E-state index >= 15 is 0 Å². The lowest BCUT2D eigenvalue weighted by Gasteiger charge is -2.25. The van der Waals surface area contributed by atoms with Crippen molar-refractivity contribution in [2.75, 3.05) is 26.9 Å². The molecule has 29 heavy (non-hydrogen) atoms. The second-order valence-electron chi connectivity index (χ2n) is 7.59. The lowest BCUT2D eigenvalue weighted by atomic mass is 9.95. The Morgan fingerprint density at radius 3 is 2.59 bits per heavy atom. The predicted molar refractivity (Wildman–Crippen MR) is 113 cm³/mol. The maximum Gasteiger partial charge on any atom is 0.315 e. The Balaban J connectivity index is 1.60. The van der Waals surface area contributed by atoms with E-state index in [1.54, 1.807) is 7.11 Å². The van der Waals surface area contributed by atoms with Gasteiger partial charge in [0.2, 0.25) is 0 Å². The summed E-state index contributed by atoms with van der Waals surface area (Å²) in [5.74, 6) is 2.54. The molecule has 1 aliphatic rings. The van der Waals surface area contributed by atoms with Crippen LogP contribution in [0, 0.1) is 12.8 Å². The number of fused-ring (bicyclic) bond motifs is 1. The zero-order valence-electron chi connectivity index (χ0n) is 17.6. The first kappa shape index (κ1) is 20.8. The number of benzene rings is 2. The number of urea groups is 1. The number of rotatable bonds is 7. The highest BCUT2D eigenvalue weighted by Gasteiger charge is 2.21. The summed E-state index contributed by atoms with van der Waals surface area (Å²) in [6.07, 6.45) is 0.703. The zero-order chi connectivity index (χ0) is 20.8. The van der Waals surface area contributed by atoms with Crippen LogP contribution in [0.1, 0.15) is 36.6 Å². The Morgan fingerprint density at radius 2 is 1.86 bits per heavy atom. The van der Waals surface area contributed by atoms with Crippen LogP contribution >= 0.6 is 0 Å². The minimum absolute atomic E-state index is 0.126. The third-order valence-corrected chi connectivity index (χ3v) is 4.99. The molecule has 0 aromatic heterocycles. The van der Waals surface area contributed by atoms with Gasteiger partial charge in [-0.1, -0.05) is 37.6 Å².